The number of hydrogen-bond acceptors (Lipinski definition) is 5. The van der Waals surface area contributed by atoms with Crippen LogP contribution in [0.1, 0.15) is 38.2 Å². The molecule has 2 N–H and O–H groups in total. The summed E-state index contributed by atoms with van der Waals surface area (Å²) in [5.41, 5.74) is 2.30. The zero-order valence-corrected chi connectivity index (χ0v) is 19.3. The first-order valence-electron chi connectivity index (χ1n) is 11.3. The average Bonchev–Trinajstić information content (AvgIpc) is 2.78. The molecule has 6 nitrogen and oxygen atoms in total. The van der Waals surface area contributed by atoms with Gasteiger partial charge >= 0.3 is 0 Å². The predicted octanol–water partition coefficient (Wildman–Crippen LogP) is 3.66. The predicted molar refractivity (Wildman–Crippen MR) is 126 cm³/mol. The number of unbranched alkanes of at least 4 members (excludes halogenated alkanes) is 2. The zero-order chi connectivity index (χ0) is 22.1. The summed E-state index contributed by atoms with van der Waals surface area (Å²) in [6, 6.07) is 16.0. The smallest absolute Gasteiger partial charge is 0.241 e. The van der Waals surface area contributed by atoms with Crippen molar-refractivity contribution in [1.29, 1.82) is 0 Å². The minimum atomic E-state index is -3.80. The second-order valence-electron chi connectivity index (χ2n) is 8.15. The summed E-state index contributed by atoms with van der Waals surface area (Å²) in [5.74, 6) is 0.350. The van der Waals surface area contributed by atoms with Gasteiger partial charge in [0.15, 0.2) is 0 Å². The Kier molecular flexibility index (Phi) is 8.75. The molecule has 1 heterocycles. The minimum absolute atomic E-state index is 0.0923. The van der Waals surface area contributed by atoms with Crippen molar-refractivity contribution < 1.29 is 13.2 Å². The fourth-order valence-electron chi connectivity index (χ4n) is 3.97. The highest BCUT2D eigenvalue weighted by molar-refractivity contribution is 7.89. The van der Waals surface area contributed by atoms with Gasteiger partial charge in [-0.3, -0.25) is 4.90 Å². The van der Waals surface area contributed by atoms with Crippen LogP contribution in [0, 0.1) is 0 Å². The van der Waals surface area contributed by atoms with Crippen LogP contribution < -0.4 is 14.8 Å². The molecule has 1 fully saturated rings. The highest BCUT2D eigenvalue weighted by Crippen LogP contribution is 2.25. The van der Waals surface area contributed by atoms with Crippen LogP contribution in [-0.2, 0) is 16.4 Å². The highest BCUT2D eigenvalue weighted by Gasteiger charge is 2.17. The van der Waals surface area contributed by atoms with Crippen LogP contribution in [0.3, 0.4) is 0 Å². The fraction of sp³-hybridized carbons (Fsp3) is 0.500. The molecular weight excluding hydrogens is 410 g/mol. The lowest BCUT2D eigenvalue weighted by Gasteiger charge is -2.36. The molecule has 170 valence electrons. The Morgan fingerprint density at radius 2 is 1.71 bits per heavy atom. The average molecular weight is 446 g/mol. The highest BCUT2D eigenvalue weighted by atomic mass is 32.2. The molecular formula is C24H35N3O3S. The summed E-state index contributed by atoms with van der Waals surface area (Å²) in [6.07, 6.45) is 4.97. The third-order valence-corrected chi connectivity index (χ3v) is 6.64. The van der Waals surface area contributed by atoms with E-state index in [9.17, 15) is 8.42 Å². The Hall–Kier alpha value is -2.09. The van der Waals surface area contributed by atoms with Crippen LogP contribution in [0.5, 0.6) is 5.75 Å². The van der Waals surface area contributed by atoms with E-state index in [0.717, 1.165) is 70.4 Å². The number of primary sulfonamides is 1. The fourth-order valence-corrected chi connectivity index (χ4v) is 4.69. The number of anilines is 1. The van der Waals surface area contributed by atoms with Crippen molar-refractivity contribution in [2.45, 2.75) is 43.9 Å². The molecule has 0 saturated carbocycles. The van der Waals surface area contributed by atoms with Gasteiger partial charge < -0.3 is 9.64 Å². The van der Waals surface area contributed by atoms with Gasteiger partial charge in [0.25, 0.3) is 0 Å². The monoisotopic (exact) mass is 445 g/mol. The lowest BCUT2D eigenvalue weighted by atomic mass is 10.1. The summed E-state index contributed by atoms with van der Waals surface area (Å²) in [6.45, 7) is 7.93. The third-order valence-electron chi connectivity index (χ3n) is 5.71. The van der Waals surface area contributed by atoms with Crippen LogP contribution in [0.2, 0.25) is 0 Å². The first-order chi connectivity index (χ1) is 15.0. The maximum atomic E-state index is 11.9. The van der Waals surface area contributed by atoms with Crippen molar-refractivity contribution in [3.63, 3.8) is 0 Å². The van der Waals surface area contributed by atoms with Crippen LogP contribution >= 0.6 is 0 Å². The number of ether oxygens (including phenoxy) is 1. The van der Waals surface area contributed by atoms with Gasteiger partial charge in [-0.05, 0) is 62.1 Å². The van der Waals surface area contributed by atoms with Crippen molar-refractivity contribution in [1.82, 2.24) is 4.90 Å². The normalized spacial score (nSPS) is 15.2. The van der Waals surface area contributed by atoms with E-state index in [2.05, 4.69) is 40.1 Å². The van der Waals surface area contributed by atoms with E-state index >= 15 is 0 Å². The van der Waals surface area contributed by atoms with Crippen LogP contribution in [0.15, 0.2) is 53.4 Å². The molecule has 0 aromatic heterocycles. The number of nitrogens with two attached hydrogens (primary N) is 1. The van der Waals surface area contributed by atoms with E-state index in [1.54, 1.807) is 12.1 Å². The van der Waals surface area contributed by atoms with Crippen LogP contribution in [0.25, 0.3) is 0 Å². The maximum absolute atomic E-state index is 11.9. The summed E-state index contributed by atoms with van der Waals surface area (Å²) in [4.78, 5) is 5.08. The summed E-state index contributed by atoms with van der Waals surface area (Å²) in [7, 11) is -3.80. The van der Waals surface area contributed by atoms with Gasteiger partial charge in [0.2, 0.25) is 10.0 Å². The van der Waals surface area contributed by atoms with Crippen molar-refractivity contribution in [3.05, 3.63) is 54.1 Å². The molecule has 2 aromatic rings. The lowest BCUT2D eigenvalue weighted by Crippen LogP contribution is -2.46. The molecule has 2 aromatic carbocycles. The maximum Gasteiger partial charge on any atom is 0.241 e. The molecule has 0 unspecified atom stereocenters. The van der Waals surface area contributed by atoms with E-state index in [1.807, 2.05) is 13.0 Å². The van der Waals surface area contributed by atoms with Crippen molar-refractivity contribution in [2.75, 3.05) is 44.2 Å². The van der Waals surface area contributed by atoms with Crippen molar-refractivity contribution in [2.24, 2.45) is 5.14 Å². The Balaban J connectivity index is 1.39. The quantitative estimate of drug-likeness (QED) is 0.534. The van der Waals surface area contributed by atoms with E-state index in [0.29, 0.717) is 12.4 Å². The Labute approximate surface area is 187 Å². The number of piperazine rings is 1. The first kappa shape index (κ1) is 23.6. The summed E-state index contributed by atoms with van der Waals surface area (Å²) in [5, 5.41) is 5.39. The van der Waals surface area contributed by atoms with Gasteiger partial charge in [0, 0.05) is 31.9 Å². The van der Waals surface area contributed by atoms with Gasteiger partial charge in [-0.25, -0.2) is 13.6 Å². The van der Waals surface area contributed by atoms with Crippen LogP contribution in [0.4, 0.5) is 5.69 Å². The molecule has 3 rings (SSSR count). The minimum Gasteiger partial charge on any atom is -0.492 e. The number of sulfonamides is 1. The Morgan fingerprint density at radius 3 is 2.39 bits per heavy atom. The molecule has 0 atom stereocenters. The first-order valence-corrected chi connectivity index (χ1v) is 12.8. The number of nitrogens with zero attached hydrogens (tertiary/aromatic N) is 2. The lowest BCUT2D eigenvalue weighted by molar-refractivity contribution is 0.252. The standard InChI is InChI=1S/C24H35N3O3S/c1-2-19-30-23-13-12-21(20-24(23)31(25,28)29)9-5-4-8-14-26-15-17-27(18-16-26)22-10-6-3-7-11-22/h3,6-7,10-13,20H,2,4-5,8-9,14-19H2,1H3,(H2,25,28,29). The zero-order valence-electron chi connectivity index (χ0n) is 18.5. The van der Waals surface area contributed by atoms with Crippen LogP contribution in [-0.4, -0.2) is 52.6 Å². The Bertz CT molecular complexity index is 911. The Morgan fingerprint density at radius 1 is 0.968 bits per heavy atom. The molecule has 1 aliphatic heterocycles. The number of benzene rings is 2. The number of para-hydroxylation sites is 1. The third kappa shape index (κ3) is 7.23. The second kappa shape index (κ2) is 11.5. The SMILES string of the molecule is CCCOc1ccc(CCCCCN2CCN(c3ccccc3)CC2)cc1S(N)(=O)=O. The molecule has 0 amide bonds. The number of hydrogen-bond donors (Lipinski definition) is 1. The van der Waals surface area contributed by atoms with Gasteiger partial charge in [0.05, 0.1) is 6.61 Å². The van der Waals surface area contributed by atoms with Gasteiger partial charge in [0.1, 0.15) is 10.6 Å². The van der Waals surface area contributed by atoms with Crippen molar-refractivity contribution in [3.8, 4) is 5.75 Å². The van der Waals surface area contributed by atoms with E-state index in [1.165, 1.54) is 5.69 Å². The summed E-state index contributed by atoms with van der Waals surface area (Å²) >= 11 is 0. The van der Waals surface area contributed by atoms with E-state index in [4.69, 9.17) is 9.88 Å². The largest absolute Gasteiger partial charge is 0.492 e. The number of rotatable bonds is 11. The second-order valence-corrected chi connectivity index (χ2v) is 9.68. The molecule has 7 heteroatoms. The molecule has 0 spiro atoms. The molecule has 1 saturated heterocycles. The topological polar surface area (TPSA) is 75.9 Å². The number of aryl methyl sites for hydroxylation is 1. The molecule has 1 aliphatic rings. The van der Waals surface area contributed by atoms with Gasteiger partial charge in [-0.2, -0.15) is 0 Å². The molecule has 31 heavy (non-hydrogen) atoms. The van der Waals surface area contributed by atoms with Crippen molar-refractivity contribution >= 4 is 15.7 Å². The molecule has 0 aliphatic carbocycles. The van der Waals surface area contributed by atoms with E-state index in [-0.39, 0.29) is 4.90 Å². The molecule has 0 radical (unpaired) electrons. The van der Waals surface area contributed by atoms with Gasteiger partial charge in [-0.15, -0.1) is 0 Å². The van der Waals surface area contributed by atoms with Gasteiger partial charge in [-0.1, -0.05) is 37.6 Å². The van der Waals surface area contributed by atoms with E-state index < -0.39 is 10.0 Å². The summed E-state index contributed by atoms with van der Waals surface area (Å²) < 4.78 is 29.4. The molecule has 0 bridgehead atoms.